The van der Waals surface area contributed by atoms with Gasteiger partial charge >= 0.3 is 0 Å². The third kappa shape index (κ3) is 3.39. The van der Waals surface area contributed by atoms with Crippen molar-refractivity contribution in [2.45, 2.75) is 37.6 Å². The van der Waals surface area contributed by atoms with Crippen LogP contribution in [0.15, 0.2) is 35.4 Å². The van der Waals surface area contributed by atoms with E-state index in [9.17, 15) is 13.2 Å². The van der Waals surface area contributed by atoms with E-state index < -0.39 is 10.0 Å². The Morgan fingerprint density at radius 3 is 2.60 bits per heavy atom. The third-order valence-electron chi connectivity index (χ3n) is 4.90. The number of hydrogen-bond donors (Lipinski definition) is 0. The van der Waals surface area contributed by atoms with Gasteiger partial charge in [0.2, 0.25) is 15.9 Å². The number of benzene rings is 1. The predicted octanol–water partition coefficient (Wildman–Crippen LogP) is 2.17. The molecule has 1 aliphatic heterocycles. The van der Waals surface area contributed by atoms with Crippen LogP contribution in [0.1, 0.15) is 25.3 Å². The van der Waals surface area contributed by atoms with Gasteiger partial charge in [-0.3, -0.25) is 9.78 Å². The number of para-hydroxylation sites is 1. The molecule has 1 saturated heterocycles. The normalized spacial score (nSPS) is 16.9. The number of fused-ring (bicyclic) bond motifs is 1. The van der Waals surface area contributed by atoms with Crippen LogP contribution in [0.4, 0.5) is 0 Å². The van der Waals surface area contributed by atoms with Gasteiger partial charge in [0.15, 0.2) is 0 Å². The van der Waals surface area contributed by atoms with Crippen molar-refractivity contribution in [2.75, 3.05) is 20.1 Å². The minimum absolute atomic E-state index is 0.00919. The van der Waals surface area contributed by atoms with Crippen molar-refractivity contribution in [3.63, 3.8) is 0 Å². The lowest BCUT2D eigenvalue weighted by atomic mass is 10.1. The molecule has 2 heterocycles. The lowest BCUT2D eigenvalue weighted by Gasteiger charge is -2.35. The van der Waals surface area contributed by atoms with Crippen LogP contribution in [0.5, 0.6) is 0 Å². The molecule has 0 radical (unpaired) electrons. The van der Waals surface area contributed by atoms with Crippen molar-refractivity contribution in [1.82, 2.24) is 14.2 Å². The van der Waals surface area contributed by atoms with Gasteiger partial charge in [-0.2, -0.15) is 4.31 Å². The fourth-order valence-corrected chi connectivity index (χ4v) is 4.95. The fraction of sp³-hybridized carbons (Fsp3) is 0.444. The number of nitrogens with zero attached hydrogens (tertiary/aromatic N) is 3. The zero-order valence-electron chi connectivity index (χ0n) is 14.8. The molecule has 25 heavy (non-hydrogen) atoms. The van der Waals surface area contributed by atoms with E-state index in [1.807, 2.05) is 19.1 Å². The first kappa shape index (κ1) is 17.8. The Morgan fingerprint density at radius 2 is 1.96 bits per heavy atom. The number of carbonyl (C=O) groups is 1. The van der Waals surface area contributed by atoms with E-state index in [0.717, 1.165) is 10.9 Å². The SMILES string of the molecule is CC(=O)N(C)C1CCN(S(=O)(=O)c2cccc3cc(C)cnc23)CC1. The van der Waals surface area contributed by atoms with Crippen LogP contribution in [0.2, 0.25) is 0 Å². The molecule has 1 aliphatic rings. The molecule has 0 unspecified atom stereocenters. The highest BCUT2D eigenvalue weighted by molar-refractivity contribution is 7.89. The van der Waals surface area contributed by atoms with Crippen molar-refractivity contribution in [3.05, 3.63) is 36.0 Å². The van der Waals surface area contributed by atoms with E-state index in [1.54, 1.807) is 30.3 Å². The van der Waals surface area contributed by atoms with Crippen LogP contribution < -0.4 is 0 Å². The van der Waals surface area contributed by atoms with Crippen LogP contribution in [0, 0.1) is 6.92 Å². The maximum Gasteiger partial charge on any atom is 0.245 e. The summed E-state index contributed by atoms with van der Waals surface area (Å²) in [5.41, 5.74) is 1.51. The second-order valence-electron chi connectivity index (χ2n) is 6.61. The minimum atomic E-state index is -3.60. The number of pyridine rings is 1. The van der Waals surface area contributed by atoms with Crippen LogP contribution in [-0.4, -0.2) is 54.7 Å². The molecule has 2 aromatic rings. The molecule has 1 aromatic heterocycles. The molecule has 1 amide bonds. The number of amides is 1. The molecule has 7 heteroatoms. The van der Waals surface area contributed by atoms with Gasteiger partial charge < -0.3 is 4.90 Å². The highest BCUT2D eigenvalue weighted by atomic mass is 32.2. The Balaban J connectivity index is 1.88. The summed E-state index contributed by atoms with van der Waals surface area (Å²) in [6.07, 6.45) is 2.98. The van der Waals surface area contributed by atoms with Gasteiger partial charge in [0.05, 0.1) is 5.52 Å². The largest absolute Gasteiger partial charge is 0.343 e. The molecule has 0 N–H and O–H groups in total. The van der Waals surface area contributed by atoms with Crippen molar-refractivity contribution in [3.8, 4) is 0 Å². The molecule has 134 valence electrons. The molecular weight excluding hydrogens is 338 g/mol. The molecule has 0 bridgehead atoms. The number of hydrogen-bond acceptors (Lipinski definition) is 4. The van der Waals surface area contributed by atoms with Gasteiger partial charge in [-0.15, -0.1) is 0 Å². The van der Waals surface area contributed by atoms with Gasteiger partial charge in [-0.1, -0.05) is 12.1 Å². The number of piperidine rings is 1. The molecule has 1 aromatic carbocycles. The van der Waals surface area contributed by atoms with Crippen molar-refractivity contribution in [2.24, 2.45) is 0 Å². The molecule has 0 saturated carbocycles. The van der Waals surface area contributed by atoms with E-state index in [1.165, 1.54) is 11.2 Å². The zero-order chi connectivity index (χ0) is 18.2. The molecule has 0 aliphatic carbocycles. The topological polar surface area (TPSA) is 70.6 Å². The second kappa shape index (κ2) is 6.72. The predicted molar refractivity (Wildman–Crippen MR) is 96.7 cm³/mol. The first-order valence-electron chi connectivity index (χ1n) is 8.39. The standard InChI is InChI=1S/C18H23N3O3S/c1-13-11-15-5-4-6-17(18(15)19-12-13)25(23,24)21-9-7-16(8-10-21)20(3)14(2)22/h4-6,11-12,16H,7-10H2,1-3H3. The molecule has 3 rings (SSSR count). The van der Waals surface area contributed by atoms with Crippen LogP contribution in [0.3, 0.4) is 0 Å². The average Bonchev–Trinajstić information content (AvgIpc) is 2.60. The zero-order valence-corrected chi connectivity index (χ0v) is 15.6. The van der Waals surface area contributed by atoms with E-state index in [0.29, 0.717) is 31.4 Å². The maximum absolute atomic E-state index is 13.1. The molecule has 1 fully saturated rings. The molecule has 0 spiro atoms. The fourth-order valence-electron chi connectivity index (χ4n) is 3.32. The Bertz CT molecular complexity index is 903. The summed E-state index contributed by atoms with van der Waals surface area (Å²) >= 11 is 0. The van der Waals surface area contributed by atoms with E-state index >= 15 is 0 Å². The highest BCUT2D eigenvalue weighted by Gasteiger charge is 2.32. The summed E-state index contributed by atoms with van der Waals surface area (Å²) in [4.78, 5) is 17.8. The summed E-state index contributed by atoms with van der Waals surface area (Å²) in [7, 11) is -1.83. The third-order valence-corrected chi connectivity index (χ3v) is 6.83. The summed E-state index contributed by atoms with van der Waals surface area (Å²) in [6, 6.07) is 7.29. The van der Waals surface area contributed by atoms with Gasteiger partial charge in [-0.05, 0) is 37.5 Å². The first-order chi connectivity index (χ1) is 11.8. The Kier molecular flexibility index (Phi) is 4.79. The lowest BCUT2D eigenvalue weighted by Crippen LogP contribution is -2.46. The van der Waals surface area contributed by atoms with Crippen molar-refractivity contribution >= 4 is 26.8 Å². The Hall–Kier alpha value is -1.99. The number of aryl methyl sites for hydroxylation is 1. The summed E-state index contributed by atoms with van der Waals surface area (Å²) in [6.45, 7) is 4.29. The molecular formula is C18H23N3O3S. The number of sulfonamides is 1. The maximum atomic E-state index is 13.1. The lowest BCUT2D eigenvalue weighted by molar-refractivity contribution is -0.130. The summed E-state index contributed by atoms with van der Waals surface area (Å²) in [5, 5.41) is 0.826. The quantitative estimate of drug-likeness (QED) is 0.840. The van der Waals surface area contributed by atoms with Gasteiger partial charge in [0.1, 0.15) is 4.90 Å². The number of carbonyl (C=O) groups excluding carboxylic acids is 1. The van der Waals surface area contributed by atoms with Gasteiger partial charge in [0, 0.05) is 44.7 Å². The van der Waals surface area contributed by atoms with E-state index in [4.69, 9.17) is 0 Å². The summed E-state index contributed by atoms with van der Waals surface area (Å²) < 4.78 is 27.7. The number of rotatable bonds is 3. The average molecular weight is 361 g/mol. The number of aromatic nitrogens is 1. The summed E-state index contributed by atoms with van der Waals surface area (Å²) in [5.74, 6) is 0.00919. The Morgan fingerprint density at radius 1 is 1.28 bits per heavy atom. The highest BCUT2D eigenvalue weighted by Crippen LogP contribution is 2.27. The van der Waals surface area contributed by atoms with Gasteiger partial charge in [-0.25, -0.2) is 8.42 Å². The van der Waals surface area contributed by atoms with Crippen LogP contribution in [0.25, 0.3) is 10.9 Å². The van der Waals surface area contributed by atoms with Crippen LogP contribution >= 0.6 is 0 Å². The Labute approximate surface area is 148 Å². The molecule has 6 nitrogen and oxygen atoms in total. The van der Waals surface area contributed by atoms with Crippen molar-refractivity contribution < 1.29 is 13.2 Å². The second-order valence-corrected chi connectivity index (χ2v) is 8.51. The van der Waals surface area contributed by atoms with Crippen LogP contribution in [-0.2, 0) is 14.8 Å². The van der Waals surface area contributed by atoms with E-state index in [-0.39, 0.29) is 16.8 Å². The van der Waals surface area contributed by atoms with Crippen molar-refractivity contribution in [1.29, 1.82) is 0 Å². The van der Waals surface area contributed by atoms with Gasteiger partial charge in [0.25, 0.3) is 0 Å². The van der Waals surface area contributed by atoms with E-state index in [2.05, 4.69) is 4.98 Å². The minimum Gasteiger partial charge on any atom is -0.343 e. The smallest absolute Gasteiger partial charge is 0.245 e. The molecule has 0 atom stereocenters. The monoisotopic (exact) mass is 361 g/mol. The first-order valence-corrected chi connectivity index (χ1v) is 9.83.